The molecule has 0 radical (unpaired) electrons. The van der Waals surface area contributed by atoms with Gasteiger partial charge in [0.25, 0.3) is 0 Å². The normalized spacial score (nSPS) is 11.9. The van der Waals surface area contributed by atoms with Crippen LogP contribution in [0.2, 0.25) is 0 Å². The molecule has 0 aliphatic carbocycles. The molecule has 1 heteroatoms. The fraction of sp³-hybridized carbons (Fsp3) is 0. The van der Waals surface area contributed by atoms with E-state index in [0.29, 0.717) is 0 Å². The van der Waals surface area contributed by atoms with Crippen LogP contribution in [0.25, 0.3) is 85.9 Å². The minimum Gasteiger partial charge on any atom is -0.135 e. The second kappa shape index (κ2) is 8.76. The molecule has 9 aromatic rings. The summed E-state index contributed by atoms with van der Waals surface area (Å²) < 4.78 is 2.73. The molecule has 0 atom stereocenters. The zero-order valence-electron chi connectivity index (χ0n) is 22.3. The van der Waals surface area contributed by atoms with Crippen molar-refractivity contribution >= 4 is 63.8 Å². The molecule has 0 spiro atoms. The molecule has 0 fully saturated rings. The first-order valence-electron chi connectivity index (χ1n) is 14.1. The molecule has 0 unspecified atom stereocenters. The number of rotatable bonds is 3. The topological polar surface area (TPSA) is 0 Å². The van der Waals surface area contributed by atoms with Crippen molar-refractivity contribution in [2.45, 2.75) is 0 Å². The van der Waals surface area contributed by atoms with E-state index in [2.05, 4.69) is 146 Å². The maximum Gasteiger partial charge on any atom is 0.0361 e. The van der Waals surface area contributed by atoms with E-state index >= 15 is 0 Å². The largest absolute Gasteiger partial charge is 0.135 e. The maximum absolute atomic E-state index is 2.38. The van der Waals surface area contributed by atoms with Gasteiger partial charge in [0.1, 0.15) is 0 Å². The first-order valence-corrected chi connectivity index (χ1v) is 14.9. The highest BCUT2D eigenvalue weighted by atomic mass is 32.1. The number of fused-ring (bicyclic) bond motifs is 2. The Hall–Kier alpha value is -4.98. The summed E-state index contributed by atoms with van der Waals surface area (Å²) >= 11 is 1.90. The third-order valence-corrected chi connectivity index (χ3v) is 9.74. The lowest BCUT2D eigenvalue weighted by molar-refractivity contribution is 1.64. The molecule has 0 bridgehead atoms. The summed E-state index contributed by atoms with van der Waals surface area (Å²) in [6.45, 7) is 0. The van der Waals surface area contributed by atoms with E-state index in [1.165, 1.54) is 85.9 Å². The van der Waals surface area contributed by atoms with Crippen molar-refractivity contribution in [3.63, 3.8) is 0 Å². The van der Waals surface area contributed by atoms with Crippen molar-refractivity contribution in [2.24, 2.45) is 0 Å². The van der Waals surface area contributed by atoms with Crippen LogP contribution in [0.5, 0.6) is 0 Å². The molecule has 190 valence electrons. The predicted octanol–water partition coefficient (Wildman–Crippen LogP) is 12.0. The van der Waals surface area contributed by atoms with Gasteiger partial charge in [0, 0.05) is 20.2 Å². The van der Waals surface area contributed by atoms with Crippen molar-refractivity contribution in [3.8, 4) is 33.4 Å². The van der Waals surface area contributed by atoms with Gasteiger partial charge in [0.05, 0.1) is 0 Å². The third-order valence-electron chi connectivity index (χ3n) is 8.62. The summed E-state index contributed by atoms with van der Waals surface area (Å²) in [5.74, 6) is 0. The molecule has 8 aromatic carbocycles. The van der Waals surface area contributed by atoms with Gasteiger partial charge in [-0.15, -0.1) is 11.3 Å². The van der Waals surface area contributed by atoms with Crippen molar-refractivity contribution in [3.05, 3.63) is 146 Å². The van der Waals surface area contributed by atoms with E-state index in [4.69, 9.17) is 0 Å². The standard InChI is InChI=1S/C40H24S/c1-2-10-26(11-3-1)37-29-13-4-6-15-31(29)38(32-16-7-5-14-30(32)37)27-22-20-25(21-23-27)34-24-28-12-8-18-35-39(28)40-33(34)17-9-19-36(40)41-35/h1-24H. The number of thiophene rings is 1. The smallest absolute Gasteiger partial charge is 0.0361 e. The highest BCUT2D eigenvalue weighted by Crippen LogP contribution is 2.46. The Kier molecular flexibility index (Phi) is 4.87. The van der Waals surface area contributed by atoms with E-state index in [0.717, 1.165) is 0 Å². The zero-order valence-corrected chi connectivity index (χ0v) is 23.1. The number of hydrogen-bond acceptors (Lipinski definition) is 1. The second-order valence-corrected chi connectivity index (χ2v) is 11.9. The van der Waals surface area contributed by atoms with E-state index in [1.807, 2.05) is 11.3 Å². The van der Waals surface area contributed by atoms with Crippen LogP contribution in [0.15, 0.2) is 146 Å². The molecule has 41 heavy (non-hydrogen) atoms. The predicted molar refractivity (Wildman–Crippen MR) is 179 cm³/mol. The Morgan fingerprint density at radius 3 is 1.46 bits per heavy atom. The lowest BCUT2D eigenvalue weighted by Crippen LogP contribution is -1.91. The van der Waals surface area contributed by atoms with Crippen molar-refractivity contribution in [1.82, 2.24) is 0 Å². The van der Waals surface area contributed by atoms with Crippen LogP contribution in [-0.4, -0.2) is 0 Å². The fourth-order valence-electron chi connectivity index (χ4n) is 6.88. The molecule has 1 aromatic heterocycles. The SMILES string of the molecule is c1ccc(-c2c3ccccc3c(-c3ccc(-c4cc5cccc6sc7cccc4c7c56)cc3)c3ccccc23)cc1. The van der Waals surface area contributed by atoms with Gasteiger partial charge in [0.15, 0.2) is 0 Å². The number of hydrogen-bond donors (Lipinski definition) is 0. The molecule has 0 saturated carbocycles. The van der Waals surface area contributed by atoms with E-state index in [9.17, 15) is 0 Å². The minimum absolute atomic E-state index is 1.24. The molecule has 0 amide bonds. The van der Waals surface area contributed by atoms with E-state index in [-0.39, 0.29) is 0 Å². The van der Waals surface area contributed by atoms with Crippen LogP contribution in [0.1, 0.15) is 0 Å². The summed E-state index contributed by atoms with van der Waals surface area (Å²) in [6, 6.07) is 53.6. The maximum atomic E-state index is 2.38. The van der Waals surface area contributed by atoms with Crippen LogP contribution < -0.4 is 0 Å². The van der Waals surface area contributed by atoms with Gasteiger partial charge >= 0.3 is 0 Å². The average molecular weight is 537 g/mol. The molecule has 0 saturated heterocycles. The van der Waals surface area contributed by atoms with Crippen LogP contribution >= 0.6 is 11.3 Å². The first kappa shape index (κ1) is 22.8. The Morgan fingerprint density at radius 2 is 0.829 bits per heavy atom. The number of benzene rings is 8. The molecule has 0 aliphatic rings. The van der Waals surface area contributed by atoms with Crippen molar-refractivity contribution in [2.75, 3.05) is 0 Å². The molecule has 0 aliphatic heterocycles. The van der Waals surface area contributed by atoms with Crippen LogP contribution in [0, 0.1) is 0 Å². The lowest BCUT2D eigenvalue weighted by atomic mass is 9.85. The van der Waals surface area contributed by atoms with Gasteiger partial charge in [-0.25, -0.2) is 0 Å². The second-order valence-electron chi connectivity index (χ2n) is 10.8. The molecular formula is C40H24S. The Morgan fingerprint density at radius 1 is 0.341 bits per heavy atom. The Labute approximate surface area is 242 Å². The van der Waals surface area contributed by atoms with Crippen molar-refractivity contribution in [1.29, 1.82) is 0 Å². The lowest BCUT2D eigenvalue weighted by Gasteiger charge is -2.18. The van der Waals surface area contributed by atoms with Crippen LogP contribution in [0.3, 0.4) is 0 Å². The monoisotopic (exact) mass is 536 g/mol. The first-order chi connectivity index (χ1) is 20.3. The van der Waals surface area contributed by atoms with Gasteiger partial charge in [-0.3, -0.25) is 0 Å². The Balaban J connectivity index is 1.28. The highest BCUT2D eigenvalue weighted by Gasteiger charge is 2.18. The molecule has 1 heterocycles. The van der Waals surface area contributed by atoms with Gasteiger partial charge < -0.3 is 0 Å². The van der Waals surface area contributed by atoms with E-state index < -0.39 is 0 Å². The summed E-state index contributed by atoms with van der Waals surface area (Å²) in [5.41, 5.74) is 7.65. The van der Waals surface area contributed by atoms with Crippen LogP contribution in [0.4, 0.5) is 0 Å². The molecule has 0 nitrogen and oxygen atoms in total. The van der Waals surface area contributed by atoms with Gasteiger partial charge in [-0.05, 0) is 83.9 Å². The quantitative estimate of drug-likeness (QED) is 0.156. The summed E-state index contributed by atoms with van der Waals surface area (Å²) in [5, 5.41) is 10.6. The van der Waals surface area contributed by atoms with Gasteiger partial charge in [-0.1, -0.05) is 127 Å². The minimum atomic E-state index is 1.24. The van der Waals surface area contributed by atoms with Crippen molar-refractivity contribution < 1.29 is 0 Å². The third kappa shape index (κ3) is 3.33. The van der Waals surface area contributed by atoms with Gasteiger partial charge in [-0.2, -0.15) is 0 Å². The van der Waals surface area contributed by atoms with Crippen LogP contribution in [-0.2, 0) is 0 Å². The summed E-state index contributed by atoms with van der Waals surface area (Å²) in [4.78, 5) is 0. The molecule has 0 N–H and O–H groups in total. The highest BCUT2D eigenvalue weighted by molar-refractivity contribution is 7.26. The summed E-state index contributed by atoms with van der Waals surface area (Å²) in [6.07, 6.45) is 0. The fourth-order valence-corrected chi connectivity index (χ4v) is 8.05. The average Bonchev–Trinajstić information content (AvgIpc) is 3.43. The molecular weight excluding hydrogens is 513 g/mol. The molecule has 9 rings (SSSR count). The van der Waals surface area contributed by atoms with Gasteiger partial charge in [0.2, 0.25) is 0 Å². The Bertz CT molecular complexity index is 2340. The summed E-state index contributed by atoms with van der Waals surface area (Å²) in [7, 11) is 0. The van der Waals surface area contributed by atoms with E-state index in [1.54, 1.807) is 0 Å². The zero-order chi connectivity index (χ0) is 26.9.